The van der Waals surface area contributed by atoms with Crippen LogP contribution in [0.25, 0.3) is 16.9 Å². The van der Waals surface area contributed by atoms with Crippen LogP contribution in [0.4, 0.5) is 4.39 Å². The van der Waals surface area contributed by atoms with Crippen LogP contribution in [0.2, 0.25) is 0 Å². The van der Waals surface area contributed by atoms with Crippen LogP contribution in [0.3, 0.4) is 0 Å². The zero-order valence-electron chi connectivity index (χ0n) is 21.6. The monoisotopic (exact) mass is 503 g/mol. The summed E-state index contributed by atoms with van der Waals surface area (Å²) in [5.74, 6) is -0.645. The number of rotatable bonds is 3. The molecule has 1 aliphatic rings. The summed E-state index contributed by atoms with van der Waals surface area (Å²) in [6.45, 7) is 11.3. The second-order valence-electron chi connectivity index (χ2n) is 11.1. The predicted molar refractivity (Wildman–Crippen MR) is 137 cm³/mol. The van der Waals surface area contributed by atoms with E-state index in [1.165, 1.54) is 18.3 Å². The van der Waals surface area contributed by atoms with E-state index in [1.54, 1.807) is 38.8 Å². The smallest absolute Gasteiger partial charge is 0.274 e. The van der Waals surface area contributed by atoms with E-state index in [4.69, 9.17) is 10.1 Å². The zero-order valence-corrected chi connectivity index (χ0v) is 21.6. The molecule has 0 saturated carbocycles. The topological polar surface area (TPSA) is 99.5 Å². The Balaban J connectivity index is 1.47. The van der Waals surface area contributed by atoms with Crippen molar-refractivity contribution in [2.24, 2.45) is 0 Å². The molecule has 4 heterocycles. The van der Waals surface area contributed by atoms with Crippen LogP contribution in [0, 0.1) is 5.82 Å². The Morgan fingerprint density at radius 1 is 1.08 bits per heavy atom. The number of aromatic amines is 1. The Kier molecular flexibility index (Phi) is 5.85. The molecule has 9 nitrogen and oxygen atoms in total. The van der Waals surface area contributed by atoms with Crippen LogP contribution in [-0.4, -0.2) is 71.6 Å². The number of nitrogens with zero attached hydrogens (tertiary/aromatic N) is 6. The minimum Gasteiger partial charge on any atom is -0.334 e. The van der Waals surface area contributed by atoms with Crippen molar-refractivity contribution < 1.29 is 14.0 Å². The van der Waals surface area contributed by atoms with Crippen molar-refractivity contribution >= 4 is 17.5 Å². The van der Waals surface area contributed by atoms with E-state index in [2.05, 4.69) is 31.0 Å². The number of carbonyl (C=O) groups is 2. The summed E-state index contributed by atoms with van der Waals surface area (Å²) >= 11 is 0. The van der Waals surface area contributed by atoms with Gasteiger partial charge in [0.1, 0.15) is 11.5 Å². The van der Waals surface area contributed by atoms with Gasteiger partial charge in [-0.1, -0.05) is 20.8 Å². The van der Waals surface area contributed by atoms with Gasteiger partial charge in [-0.05, 0) is 49.6 Å². The molecule has 1 aliphatic heterocycles. The number of hydrogen-bond acceptors (Lipinski definition) is 5. The lowest BCUT2D eigenvalue weighted by Gasteiger charge is -2.46. The lowest BCUT2D eigenvalue weighted by atomic mass is 9.87. The first kappa shape index (κ1) is 24.6. The van der Waals surface area contributed by atoms with Gasteiger partial charge in [0.15, 0.2) is 5.65 Å². The number of amides is 2. The van der Waals surface area contributed by atoms with Crippen molar-refractivity contribution in [3.63, 3.8) is 0 Å². The molecule has 192 valence electrons. The molecule has 4 aromatic rings. The highest BCUT2D eigenvalue weighted by atomic mass is 19.1. The Morgan fingerprint density at radius 2 is 1.81 bits per heavy atom. The summed E-state index contributed by atoms with van der Waals surface area (Å²) in [6, 6.07) is 8.13. The van der Waals surface area contributed by atoms with Crippen molar-refractivity contribution in [2.45, 2.75) is 45.6 Å². The molecule has 0 spiro atoms. The molecule has 1 fully saturated rings. The maximum atomic E-state index is 13.7. The Morgan fingerprint density at radius 3 is 2.43 bits per heavy atom. The van der Waals surface area contributed by atoms with Crippen LogP contribution in [0.15, 0.2) is 48.9 Å². The molecule has 1 saturated heterocycles. The summed E-state index contributed by atoms with van der Waals surface area (Å²) in [4.78, 5) is 34.8. The molecule has 5 rings (SSSR count). The van der Waals surface area contributed by atoms with Gasteiger partial charge in [-0.15, -0.1) is 0 Å². The third-order valence-electron chi connectivity index (χ3n) is 6.77. The predicted octanol–water partition coefficient (Wildman–Crippen LogP) is 3.93. The van der Waals surface area contributed by atoms with E-state index in [-0.39, 0.29) is 28.7 Å². The number of halogens is 1. The van der Waals surface area contributed by atoms with Crippen molar-refractivity contribution in [2.75, 3.05) is 19.6 Å². The minimum absolute atomic E-state index is 0.117. The maximum Gasteiger partial charge on any atom is 0.274 e. The average molecular weight is 504 g/mol. The first-order valence-corrected chi connectivity index (χ1v) is 12.2. The number of hydrogen-bond donors (Lipinski definition) is 1. The third-order valence-corrected chi connectivity index (χ3v) is 6.77. The van der Waals surface area contributed by atoms with Gasteiger partial charge in [-0.2, -0.15) is 10.2 Å². The number of nitrogens with one attached hydrogen (secondary N) is 1. The molecule has 3 aromatic heterocycles. The van der Waals surface area contributed by atoms with E-state index in [9.17, 15) is 14.0 Å². The van der Waals surface area contributed by atoms with Crippen LogP contribution < -0.4 is 0 Å². The van der Waals surface area contributed by atoms with Crippen molar-refractivity contribution in [1.29, 1.82) is 0 Å². The molecule has 0 atom stereocenters. The number of benzene rings is 1. The molecular formula is C27H30FN7O2. The Hall–Kier alpha value is -4.08. The van der Waals surface area contributed by atoms with Crippen molar-refractivity contribution in [3.8, 4) is 11.3 Å². The number of fused-ring (bicyclic) bond motifs is 1. The quantitative estimate of drug-likeness (QED) is 0.457. The summed E-state index contributed by atoms with van der Waals surface area (Å²) < 4.78 is 15.1. The van der Waals surface area contributed by atoms with Gasteiger partial charge in [0.05, 0.1) is 29.2 Å². The van der Waals surface area contributed by atoms with Crippen LogP contribution in [-0.2, 0) is 5.41 Å². The molecule has 0 unspecified atom stereocenters. The summed E-state index contributed by atoms with van der Waals surface area (Å²) in [5.41, 5.74) is 2.87. The second kappa shape index (κ2) is 8.79. The van der Waals surface area contributed by atoms with Gasteiger partial charge in [0, 0.05) is 37.0 Å². The number of imidazole rings is 1. The van der Waals surface area contributed by atoms with E-state index in [0.717, 1.165) is 11.1 Å². The molecule has 2 amide bonds. The second-order valence-corrected chi connectivity index (χ2v) is 11.1. The molecule has 0 aliphatic carbocycles. The standard InChI is InChI=1S/C27H30FN7O2/c1-26(2,3)20-12-21(17-6-8-19(28)9-7-17)32-35-15-22(31-23(20)35)25(37)34-11-10-33(16-27(34,4)5)24(36)18-13-29-30-14-18/h6-9,12-15H,10-11,16H2,1-5H3,(H,29,30). The molecule has 0 bridgehead atoms. The van der Waals surface area contributed by atoms with E-state index < -0.39 is 5.54 Å². The number of H-pyrrole nitrogens is 1. The Bertz CT molecular complexity index is 1470. The molecule has 0 radical (unpaired) electrons. The minimum atomic E-state index is -0.607. The van der Waals surface area contributed by atoms with Gasteiger partial charge in [-0.3, -0.25) is 14.7 Å². The fraction of sp³-hybridized carbons (Fsp3) is 0.370. The lowest BCUT2D eigenvalue weighted by molar-refractivity contribution is 0.0165. The van der Waals surface area contributed by atoms with Gasteiger partial charge in [0.2, 0.25) is 0 Å². The van der Waals surface area contributed by atoms with E-state index in [0.29, 0.717) is 36.5 Å². The van der Waals surface area contributed by atoms with Gasteiger partial charge in [-0.25, -0.2) is 13.9 Å². The van der Waals surface area contributed by atoms with Crippen LogP contribution in [0.5, 0.6) is 0 Å². The van der Waals surface area contributed by atoms with E-state index in [1.807, 2.05) is 19.9 Å². The summed E-state index contributed by atoms with van der Waals surface area (Å²) in [7, 11) is 0. The SMILES string of the molecule is CC(C)(C)c1cc(-c2ccc(F)cc2)nn2cc(C(=O)N3CCN(C(=O)c4cn[nH]c4)CC3(C)C)nc12. The number of piperazine rings is 1. The van der Waals surface area contributed by atoms with Crippen molar-refractivity contribution in [3.05, 3.63) is 71.6 Å². The highest BCUT2D eigenvalue weighted by Crippen LogP contribution is 2.31. The molecule has 37 heavy (non-hydrogen) atoms. The first-order valence-electron chi connectivity index (χ1n) is 12.2. The molecule has 1 aromatic carbocycles. The molecular weight excluding hydrogens is 473 g/mol. The summed E-state index contributed by atoms with van der Waals surface area (Å²) in [6.07, 6.45) is 4.73. The largest absolute Gasteiger partial charge is 0.334 e. The summed E-state index contributed by atoms with van der Waals surface area (Å²) in [5, 5.41) is 11.2. The highest BCUT2D eigenvalue weighted by molar-refractivity contribution is 5.95. The molecule has 1 N–H and O–H groups in total. The maximum absolute atomic E-state index is 13.7. The third kappa shape index (κ3) is 4.59. The average Bonchev–Trinajstić information content (AvgIpc) is 3.52. The van der Waals surface area contributed by atoms with Crippen LogP contribution >= 0.6 is 0 Å². The lowest BCUT2D eigenvalue weighted by Crippen LogP contribution is -2.62. The van der Waals surface area contributed by atoms with Gasteiger partial charge in [0.25, 0.3) is 11.8 Å². The normalized spacial score (nSPS) is 15.8. The fourth-order valence-electron chi connectivity index (χ4n) is 4.79. The highest BCUT2D eigenvalue weighted by Gasteiger charge is 2.40. The zero-order chi connectivity index (χ0) is 26.5. The fourth-order valence-corrected chi connectivity index (χ4v) is 4.79. The molecule has 10 heteroatoms. The Labute approximate surface area is 214 Å². The van der Waals surface area contributed by atoms with Crippen molar-refractivity contribution in [1.82, 2.24) is 34.6 Å². The van der Waals surface area contributed by atoms with Crippen LogP contribution in [0.1, 0.15) is 61.0 Å². The first-order chi connectivity index (χ1) is 17.4. The van der Waals surface area contributed by atoms with E-state index >= 15 is 0 Å². The van der Waals surface area contributed by atoms with Gasteiger partial charge < -0.3 is 9.80 Å². The number of carbonyl (C=O) groups excluding carboxylic acids is 2. The number of aromatic nitrogens is 5. The van der Waals surface area contributed by atoms with Gasteiger partial charge >= 0.3 is 0 Å².